The largest absolute Gasteiger partial charge is 0.370 e. The smallest absolute Gasteiger partial charge is 0.137 e. The molecular weight excluding hydrogens is 210 g/mol. The summed E-state index contributed by atoms with van der Waals surface area (Å²) in [6, 6.07) is 8.54. The van der Waals surface area contributed by atoms with Crippen LogP contribution in [0.15, 0.2) is 24.3 Å². The Morgan fingerprint density at radius 3 is 2.76 bits per heavy atom. The summed E-state index contributed by atoms with van der Waals surface area (Å²) < 4.78 is 0. The number of hydrogen-bond donors (Lipinski definition) is 0. The average molecular weight is 231 g/mol. The van der Waals surface area contributed by atoms with Gasteiger partial charge in [-0.05, 0) is 31.4 Å². The molecule has 0 aromatic heterocycles. The second-order valence-corrected chi connectivity index (χ2v) is 5.59. The SMILES string of the molecule is CC(=O)C(C)(C)CN1CCCc2ccccc21. The Hall–Kier alpha value is -1.31. The van der Waals surface area contributed by atoms with Crippen molar-refractivity contribution >= 4 is 11.5 Å². The first-order valence-electron chi connectivity index (χ1n) is 6.34. The maximum absolute atomic E-state index is 11.6. The highest BCUT2D eigenvalue weighted by Gasteiger charge is 2.28. The molecule has 1 heterocycles. The van der Waals surface area contributed by atoms with Gasteiger partial charge in [0.1, 0.15) is 5.78 Å². The summed E-state index contributed by atoms with van der Waals surface area (Å²) >= 11 is 0. The Kier molecular flexibility index (Phi) is 3.23. The Balaban J connectivity index is 2.22. The molecule has 0 saturated heterocycles. The van der Waals surface area contributed by atoms with Crippen LogP contribution in [-0.2, 0) is 11.2 Å². The zero-order valence-electron chi connectivity index (χ0n) is 11.0. The van der Waals surface area contributed by atoms with Crippen molar-refractivity contribution in [2.24, 2.45) is 5.41 Å². The van der Waals surface area contributed by atoms with Crippen molar-refractivity contribution in [3.63, 3.8) is 0 Å². The van der Waals surface area contributed by atoms with E-state index in [0.29, 0.717) is 0 Å². The van der Waals surface area contributed by atoms with E-state index in [9.17, 15) is 4.79 Å². The monoisotopic (exact) mass is 231 g/mol. The van der Waals surface area contributed by atoms with E-state index in [-0.39, 0.29) is 11.2 Å². The summed E-state index contributed by atoms with van der Waals surface area (Å²) in [6.07, 6.45) is 2.35. The van der Waals surface area contributed by atoms with Crippen LogP contribution in [-0.4, -0.2) is 18.9 Å². The van der Waals surface area contributed by atoms with Gasteiger partial charge in [-0.3, -0.25) is 4.79 Å². The molecule has 0 radical (unpaired) electrons. The van der Waals surface area contributed by atoms with Gasteiger partial charge in [0, 0.05) is 24.2 Å². The first-order valence-corrected chi connectivity index (χ1v) is 6.34. The number of rotatable bonds is 3. The molecule has 2 nitrogen and oxygen atoms in total. The molecule has 0 fully saturated rings. The summed E-state index contributed by atoms with van der Waals surface area (Å²) in [5, 5.41) is 0. The summed E-state index contributed by atoms with van der Waals surface area (Å²) in [4.78, 5) is 14.0. The fourth-order valence-corrected chi connectivity index (χ4v) is 2.36. The fraction of sp³-hybridized carbons (Fsp3) is 0.533. The van der Waals surface area contributed by atoms with E-state index in [0.717, 1.165) is 19.5 Å². The van der Waals surface area contributed by atoms with Crippen LogP contribution in [0.5, 0.6) is 0 Å². The molecule has 0 atom stereocenters. The quantitative estimate of drug-likeness (QED) is 0.797. The van der Waals surface area contributed by atoms with Gasteiger partial charge in [-0.1, -0.05) is 32.0 Å². The molecule has 1 aromatic carbocycles. The molecule has 1 aliphatic rings. The van der Waals surface area contributed by atoms with E-state index in [1.54, 1.807) is 6.92 Å². The normalized spacial score (nSPS) is 15.6. The molecule has 0 saturated carbocycles. The van der Waals surface area contributed by atoms with Crippen LogP contribution in [0.2, 0.25) is 0 Å². The number of fused-ring (bicyclic) bond motifs is 1. The number of aryl methyl sites for hydroxylation is 1. The van der Waals surface area contributed by atoms with Gasteiger partial charge in [0.2, 0.25) is 0 Å². The lowest BCUT2D eigenvalue weighted by molar-refractivity contribution is -0.124. The van der Waals surface area contributed by atoms with Gasteiger partial charge in [0.25, 0.3) is 0 Å². The maximum Gasteiger partial charge on any atom is 0.137 e. The molecule has 17 heavy (non-hydrogen) atoms. The van der Waals surface area contributed by atoms with E-state index in [1.165, 1.54) is 17.7 Å². The van der Waals surface area contributed by atoms with Crippen LogP contribution >= 0.6 is 0 Å². The Morgan fingerprint density at radius 1 is 1.35 bits per heavy atom. The molecule has 0 aliphatic carbocycles. The number of nitrogens with zero attached hydrogens (tertiary/aromatic N) is 1. The number of carbonyl (C=O) groups is 1. The molecule has 0 unspecified atom stereocenters. The van der Waals surface area contributed by atoms with Gasteiger partial charge in [0.05, 0.1) is 0 Å². The molecule has 92 valence electrons. The zero-order chi connectivity index (χ0) is 12.5. The zero-order valence-corrected chi connectivity index (χ0v) is 11.0. The Labute approximate surface area is 104 Å². The van der Waals surface area contributed by atoms with Crippen molar-refractivity contribution in [3.8, 4) is 0 Å². The molecule has 1 aliphatic heterocycles. The topological polar surface area (TPSA) is 20.3 Å². The van der Waals surface area contributed by atoms with Crippen molar-refractivity contribution in [3.05, 3.63) is 29.8 Å². The number of para-hydroxylation sites is 1. The van der Waals surface area contributed by atoms with Crippen molar-refractivity contribution < 1.29 is 4.79 Å². The number of benzene rings is 1. The van der Waals surface area contributed by atoms with Gasteiger partial charge < -0.3 is 4.90 Å². The number of ketones is 1. The van der Waals surface area contributed by atoms with Crippen molar-refractivity contribution in [2.45, 2.75) is 33.6 Å². The van der Waals surface area contributed by atoms with Crippen LogP contribution in [0.3, 0.4) is 0 Å². The van der Waals surface area contributed by atoms with Gasteiger partial charge in [-0.25, -0.2) is 0 Å². The van der Waals surface area contributed by atoms with Gasteiger partial charge in [-0.2, -0.15) is 0 Å². The third-order valence-corrected chi connectivity index (χ3v) is 3.75. The molecule has 0 spiro atoms. The lowest BCUT2D eigenvalue weighted by Crippen LogP contribution is -2.40. The molecule has 0 bridgehead atoms. The van der Waals surface area contributed by atoms with Gasteiger partial charge in [-0.15, -0.1) is 0 Å². The highest BCUT2D eigenvalue weighted by atomic mass is 16.1. The predicted octanol–water partition coefficient (Wildman–Crippen LogP) is 3.05. The van der Waals surface area contributed by atoms with Crippen LogP contribution < -0.4 is 4.90 Å². The second-order valence-electron chi connectivity index (χ2n) is 5.59. The third kappa shape index (κ3) is 2.51. The van der Waals surface area contributed by atoms with Gasteiger partial charge in [0.15, 0.2) is 0 Å². The van der Waals surface area contributed by atoms with Crippen molar-refractivity contribution in [1.29, 1.82) is 0 Å². The third-order valence-electron chi connectivity index (χ3n) is 3.75. The fourth-order valence-electron chi connectivity index (χ4n) is 2.36. The van der Waals surface area contributed by atoms with E-state index >= 15 is 0 Å². The summed E-state index contributed by atoms with van der Waals surface area (Å²) in [5.41, 5.74) is 2.47. The molecule has 0 amide bonds. The first-order chi connectivity index (χ1) is 8.00. The van der Waals surface area contributed by atoms with Crippen LogP contribution in [0.25, 0.3) is 0 Å². The minimum Gasteiger partial charge on any atom is -0.370 e. The molecule has 2 heteroatoms. The summed E-state index contributed by atoms with van der Waals surface area (Å²) in [7, 11) is 0. The van der Waals surface area contributed by atoms with E-state index in [2.05, 4.69) is 29.2 Å². The number of carbonyl (C=O) groups excluding carboxylic acids is 1. The molecular formula is C15H21NO. The Bertz CT molecular complexity index is 423. The molecule has 1 aromatic rings. The lowest BCUT2D eigenvalue weighted by atomic mass is 9.87. The van der Waals surface area contributed by atoms with Gasteiger partial charge >= 0.3 is 0 Å². The van der Waals surface area contributed by atoms with Crippen LogP contribution in [0.4, 0.5) is 5.69 Å². The Morgan fingerprint density at radius 2 is 2.06 bits per heavy atom. The summed E-state index contributed by atoms with van der Waals surface area (Å²) in [6.45, 7) is 7.64. The summed E-state index contributed by atoms with van der Waals surface area (Å²) in [5.74, 6) is 0.264. The number of Topliss-reactive ketones (excluding diaryl/α,β-unsaturated/α-hetero) is 1. The van der Waals surface area contributed by atoms with E-state index < -0.39 is 0 Å². The molecule has 0 N–H and O–H groups in total. The minimum atomic E-state index is -0.259. The van der Waals surface area contributed by atoms with Crippen molar-refractivity contribution in [1.82, 2.24) is 0 Å². The van der Waals surface area contributed by atoms with Crippen LogP contribution in [0.1, 0.15) is 32.8 Å². The number of hydrogen-bond acceptors (Lipinski definition) is 2. The van der Waals surface area contributed by atoms with Crippen molar-refractivity contribution in [2.75, 3.05) is 18.0 Å². The maximum atomic E-state index is 11.6. The van der Waals surface area contributed by atoms with Crippen LogP contribution in [0, 0.1) is 5.41 Å². The highest BCUT2D eigenvalue weighted by Crippen LogP contribution is 2.30. The molecule has 2 rings (SSSR count). The average Bonchev–Trinajstić information content (AvgIpc) is 2.29. The standard InChI is InChI=1S/C15H21NO/c1-12(17)15(2,3)11-16-10-6-8-13-7-4-5-9-14(13)16/h4-5,7,9H,6,8,10-11H2,1-3H3. The first kappa shape index (κ1) is 12.2. The highest BCUT2D eigenvalue weighted by molar-refractivity contribution is 5.82. The minimum absolute atomic E-state index is 0.259. The van der Waals surface area contributed by atoms with E-state index in [1.807, 2.05) is 13.8 Å². The predicted molar refractivity (Wildman–Crippen MR) is 71.4 cm³/mol. The second kappa shape index (κ2) is 4.52. The number of anilines is 1. The van der Waals surface area contributed by atoms with E-state index in [4.69, 9.17) is 0 Å². The lowest BCUT2D eigenvalue weighted by Gasteiger charge is -2.36.